The van der Waals surface area contributed by atoms with Gasteiger partial charge in [0.15, 0.2) is 0 Å². The third-order valence-corrected chi connectivity index (χ3v) is 3.02. The van der Waals surface area contributed by atoms with Gasteiger partial charge in [-0.3, -0.25) is 9.69 Å². The average molecular weight is 212 g/mol. The minimum absolute atomic E-state index is 0.405. The number of hydrogen-bond acceptors (Lipinski definition) is 3. The van der Waals surface area contributed by atoms with Gasteiger partial charge in [0.1, 0.15) is 5.78 Å². The van der Waals surface area contributed by atoms with E-state index in [1.54, 1.807) is 0 Å². The number of carbonyl (C=O) groups is 1. The highest BCUT2D eigenvalue weighted by Gasteiger charge is 2.20. The number of piperidine rings is 1. The standard InChI is InChI=1S/C12H24N2O/c1-3-5-12(15)10-14-7-4-6-11(9-14)8-13-2/h11,13H,3-10H2,1-2H3. The van der Waals surface area contributed by atoms with Crippen LogP contribution in [0, 0.1) is 5.92 Å². The Labute approximate surface area is 93.2 Å². The second kappa shape index (κ2) is 6.96. The first-order valence-corrected chi connectivity index (χ1v) is 6.15. The van der Waals surface area contributed by atoms with Crippen molar-refractivity contribution in [3.8, 4) is 0 Å². The van der Waals surface area contributed by atoms with Crippen LogP contribution < -0.4 is 5.32 Å². The predicted octanol–water partition coefficient (Wildman–Crippen LogP) is 1.29. The number of carbonyl (C=O) groups excluding carboxylic acids is 1. The molecule has 0 bridgehead atoms. The van der Waals surface area contributed by atoms with E-state index in [1.165, 1.54) is 12.8 Å². The molecule has 0 aromatic heterocycles. The fourth-order valence-corrected chi connectivity index (χ4v) is 2.36. The third kappa shape index (κ3) is 4.76. The highest BCUT2D eigenvalue weighted by Crippen LogP contribution is 2.15. The van der Waals surface area contributed by atoms with E-state index in [0.717, 1.165) is 38.4 Å². The molecule has 3 heteroatoms. The summed E-state index contributed by atoms with van der Waals surface area (Å²) < 4.78 is 0. The van der Waals surface area contributed by atoms with Gasteiger partial charge in [-0.2, -0.15) is 0 Å². The summed E-state index contributed by atoms with van der Waals surface area (Å²) in [5.74, 6) is 1.14. The molecule has 0 aromatic rings. The van der Waals surface area contributed by atoms with Crippen molar-refractivity contribution in [3.05, 3.63) is 0 Å². The molecular weight excluding hydrogens is 188 g/mol. The van der Waals surface area contributed by atoms with E-state index in [1.807, 2.05) is 7.05 Å². The molecule has 1 fully saturated rings. The number of hydrogen-bond donors (Lipinski definition) is 1. The van der Waals surface area contributed by atoms with Crippen LogP contribution in [0.1, 0.15) is 32.6 Å². The van der Waals surface area contributed by atoms with Crippen LogP contribution in [0.5, 0.6) is 0 Å². The van der Waals surface area contributed by atoms with Gasteiger partial charge in [-0.15, -0.1) is 0 Å². The second-order valence-electron chi connectivity index (χ2n) is 4.59. The molecule has 1 unspecified atom stereocenters. The first-order chi connectivity index (χ1) is 7.26. The number of nitrogens with one attached hydrogen (secondary N) is 1. The summed E-state index contributed by atoms with van der Waals surface area (Å²) in [4.78, 5) is 13.8. The van der Waals surface area contributed by atoms with Crippen molar-refractivity contribution in [2.24, 2.45) is 5.92 Å². The van der Waals surface area contributed by atoms with Crippen molar-refractivity contribution >= 4 is 5.78 Å². The largest absolute Gasteiger partial charge is 0.319 e. The van der Waals surface area contributed by atoms with Crippen LogP contribution in [0.4, 0.5) is 0 Å². The quantitative estimate of drug-likeness (QED) is 0.720. The Morgan fingerprint density at radius 1 is 1.53 bits per heavy atom. The van der Waals surface area contributed by atoms with Crippen LogP contribution in [-0.4, -0.2) is 43.9 Å². The monoisotopic (exact) mass is 212 g/mol. The van der Waals surface area contributed by atoms with Crippen molar-refractivity contribution in [1.82, 2.24) is 10.2 Å². The fraction of sp³-hybridized carbons (Fsp3) is 0.917. The zero-order valence-electron chi connectivity index (χ0n) is 10.1. The van der Waals surface area contributed by atoms with Gasteiger partial charge in [0.05, 0.1) is 6.54 Å². The van der Waals surface area contributed by atoms with Crippen LogP contribution >= 0.6 is 0 Å². The van der Waals surface area contributed by atoms with Gasteiger partial charge in [0, 0.05) is 13.0 Å². The van der Waals surface area contributed by atoms with E-state index in [2.05, 4.69) is 17.1 Å². The zero-order valence-corrected chi connectivity index (χ0v) is 10.1. The summed E-state index contributed by atoms with van der Waals surface area (Å²) >= 11 is 0. The van der Waals surface area contributed by atoms with Crippen molar-refractivity contribution in [2.45, 2.75) is 32.6 Å². The number of ketones is 1. The molecule has 1 atom stereocenters. The molecule has 1 aliphatic rings. The Balaban J connectivity index is 2.26. The normalized spacial score (nSPS) is 22.9. The van der Waals surface area contributed by atoms with Gasteiger partial charge in [-0.25, -0.2) is 0 Å². The molecule has 1 rings (SSSR count). The van der Waals surface area contributed by atoms with E-state index < -0.39 is 0 Å². The maximum absolute atomic E-state index is 11.5. The lowest BCUT2D eigenvalue weighted by Gasteiger charge is -2.32. The topological polar surface area (TPSA) is 32.3 Å². The molecule has 15 heavy (non-hydrogen) atoms. The summed E-state index contributed by atoms with van der Waals surface area (Å²) in [5.41, 5.74) is 0. The Morgan fingerprint density at radius 3 is 3.00 bits per heavy atom. The number of Topliss-reactive ketones (excluding diaryl/α,β-unsaturated/α-hetero) is 1. The van der Waals surface area contributed by atoms with Crippen molar-refractivity contribution in [1.29, 1.82) is 0 Å². The molecule has 1 aliphatic heterocycles. The van der Waals surface area contributed by atoms with Crippen molar-refractivity contribution < 1.29 is 4.79 Å². The van der Waals surface area contributed by atoms with E-state index in [-0.39, 0.29) is 0 Å². The molecule has 1 N–H and O–H groups in total. The van der Waals surface area contributed by atoms with Gasteiger partial charge in [0.2, 0.25) is 0 Å². The highest BCUT2D eigenvalue weighted by molar-refractivity contribution is 5.80. The number of likely N-dealkylation sites (tertiary alicyclic amines) is 1. The van der Waals surface area contributed by atoms with Crippen molar-refractivity contribution in [2.75, 3.05) is 33.2 Å². The third-order valence-electron chi connectivity index (χ3n) is 3.02. The first kappa shape index (κ1) is 12.7. The maximum atomic E-state index is 11.5. The predicted molar refractivity (Wildman–Crippen MR) is 63.0 cm³/mol. The minimum atomic E-state index is 0.405. The van der Waals surface area contributed by atoms with Gasteiger partial charge in [0.25, 0.3) is 0 Å². The highest BCUT2D eigenvalue weighted by atomic mass is 16.1. The van der Waals surface area contributed by atoms with Crippen molar-refractivity contribution in [3.63, 3.8) is 0 Å². The molecule has 0 spiro atoms. The van der Waals surface area contributed by atoms with Gasteiger partial charge >= 0.3 is 0 Å². The molecule has 0 amide bonds. The molecule has 1 saturated heterocycles. The molecule has 3 nitrogen and oxygen atoms in total. The maximum Gasteiger partial charge on any atom is 0.146 e. The summed E-state index contributed by atoms with van der Waals surface area (Å²) in [7, 11) is 2.00. The number of rotatable bonds is 6. The Morgan fingerprint density at radius 2 is 2.33 bits per heavy atom. The van der Waals surface area contributed by atoms with Gasteiger partial charge in [-0.05, 0) is 45.3 Å². The molecule has 1 heterocycles. The zero-order chi connectivity index (χ0) is 11.1. The van der Waals surface area contributed by atoms with E-state index in [9.17, 15) is 4.79 Å². The molecular formula is C12H24N2O. The lowest BCUT2D eigenvalue weighted by atomic mass is 9.98. The summed E-state index contributed by atoms with van der Waals surface area (Å²) in [5, 5.41) is 3.22. The van der Waals surface area contributed by atoms with E-state index in [4.69, 9.17) is 0 Å². The minimum Gasteiger partial charge on any atom is -0.319 e. The van der Waals surface area contributed by atoms with E-state index in [0.29, 0.717) is 12.3 Å². The van der Waals surface area contributed by atoms with Gasteiger partial charge < -0.3 is 5.32 Å². The molecule has 0 aliphatic carbocycles. The lowest BCUT2D eigenvalue weighted by molar-refractivity contribution is -0.120. The summed E-state index contributed by atoms with van der Waals surface area (Å²) in [6, 6.07) is 0. The Hall–Kier alpha value is -0.410. The van der Waals surface area contributed by atoms with Crippen LogP contribution in [0.2, 0.25) is 0 Å². The molecule has 0 aromatic carbocycles. The molecule has 0 saturated carbocycles. The second-order valence-corrected chi connectivity index (χ2v) is 4.59. The Kier molecular flexibility index (Phi) is 5.88. The van der Waals surface area contributed by atoms with Crippen LogP contribution in [0.3, 0.4) is 0 Å². The SMILES string of the molecule is CCCC(=O)CN1CCCC(CNC)C1. The number of nitrogens with zero attached hydrogens (tertiary/aromatic N) is 1. The molecule has 0 radical (unpaired) electrons. The average Bonchev–Trinajstić information content (AvgIpc) is 2.19. The molecule has 88 valence electrons. The first-order valence-electron chi connectivity index (χ1n) is 6.15. The van der Waals surface area contributed by atoms with Gasteiger partial charge in [-0.1, -0.05) is 6.92 Å². The summed E-state index contributed by atoms with van der Waals surface area (Å²) in [6.07, 6.45) is 4.27. The smallest absolute Gasteiger partial charge is 0.146 e. The Bertz CT molecular complexity index is 192. The van der Waals surface area contributed by atoms with E-state index >= 15 is 0 Å². The summed E-state index contributed by atoms with van der Waals surface area (Å²) in [6.45, 7) is 6.02. The van der Waals surface area contributed by atoms with Crippen LogP contribution in [0.25, 0.3) is 0 Å². The fourth-order valence-electron chi connectivity index (χ4n) is 2.36. The lowest BCUT2D eigenvalue weighted by Crippen LogP contribution is -2.41. The van der Waals surface area contributed by atoms with Crippen LogP contribution in [0.15, 0.2) is 0 Å². The van der Waals surface area contributed by atoms with Crippen LogP contribution in [-0.2, 0) is 4.79 Å².